The van der Waals surface area contributed by atoms with Gasteiger partial charge in [-0.05, 0) is 25.7 Å². The van der Waals surface area contributed by atoms with Gasteiger partial charge in [0.05, 0.1) is 0 Å². The second-order valence-corrected chi connectivity index (χ2v) is 5.64. The number of nitrogens with one attached hydrogen (secondary N) is 1. The Balaban J connectivity index is 1.86. The summed E-state index contributed by atoms with van der Waals surface area (Å²) in [5, 5.41) is 0. The molecule has 2 aliphatic heterocycles. The maximum atomic E-state index is 12.3. The van der Waals surface area contributed by atoms with Crippen LogP contribution in [0.1, 0.15) is 46.7 Å². The molecule has 0 saturated carbocycles. The van der Waals surface area contributed by atoms with Crippen LogP contribution in [0, 0.1) is 0 Å². The molecule has 3 heterocycles. The Morgan fingerprint density at radius 2 is 1.19 bits per heavy atom. The van der Waals surface area contributed by atoms with Crippen molar-refractivity contribution in [3.05, 3.63) is 33.7 Å². The smallest absolute Gasteiger partial charge is 0.270 e. The summed E-state index contributed by atoms with van der Waals surface area (Å²) in [7, 11) is 0. The number of aromatic amines is 1. The third-order valence-electron chi connectivity index (χ3n) is 4.09. The molecule has 0 radical (unpaired) electrons. The van der Waals surface area contributed by atoms with Crippen molar-refractivity contribution < 1.29 is 9.59 Å². The van der Waals surface area contributed by atoms with E-state index < -0.39 is 0 Å². The summed E-state index contributed by atoms with van der Waals surface area (Å²) in [4.78, 5) is 42.7. The first-order valence-electron chi connectivity index (χ1n) is 7.48. The van der Waals surface area contributed by atoms with Gasteiger partial charge in [0.2, 0.25) is 0 Å². The number of carbonyl (C=O) groups is 2. The van der Waals surface area contributed by atoms with E-state index >= 15 is 0 Å². The van der Waals surface area contributed by atoms with Crippen LogP contribution in [0.5, 0.6) is 0 Å². The molecule has 112 valence electrons. The molecule has 0 spiro atoms. The zero-order valence-electron chi connectivity index (χ0n) is 11.9. The highest BCUT2D eigenvalue weighted by Crippen LogP contribution is 2.13. The first-order valence-corrected chi connectivity index (χ1v) is 7.48. The van der Waals surface area contributed by atoms with Gasteiger partial charge in [-0.1, -0.05) is 0 Å². The molecule has 0 atom stereocenters. The summed E-state index contributed by atoms with van der Waals surface area (Å²) in [5.41, 5.74) is 0.123. The lowest BCUT2D eigenvalue weighted by molar-refractivity contribution is 0.0780. The Labute approximate surface area is 122 Å². The van der Waals surface area contributed by atoms with Gasteiger partial charge in [-0.2, -0.15) is 0 Å². The molecule has 3 rings (SSSR count). The normalized spacial score (nSPS) is 18.3. The molecule has 0 aromatic carbocycles. The van der Waals surface area contributed by atoms with Crippen molar-refractivity contribution in [1.82, 2.24) is 14.8 Å². The van der Waals surface area contributed by atoms with Gasteiger partial charge in [0.25, 0.3) is 11.8 Å². The van der Waals surface area contributed by atoms with Gasteiger partial charge >= 0.3 is 0 Å². The number of pyridine rings is 1. The Morgan fingerprint density at radius 1 is 0.810 bits per heavy atom. The molecule has 0 aliphatic carbocycles. The van der Waals surface area contributed by atoms with E-state index in [1.807, 2.05) is 0 Å². The summed E-state index contributed by atoms with van der Waals surface area (Å²) in [6, 6.07) is 2.56. The highest BCUT2D eigenvalue weighted by Gasteiger charge is 2.24. The molecule has 0 bridgehead atoms. The van der Waals surface area contributed by atoms with E-state index in [0.717, 1.165) is 25.7 Å². The standard InChI is InChI=1S/C15H19N3O3/c19-11-9-12(14(20)17-5-1-2-6-17)16-13(10-11)15(21)18-7-3-4-8-18/h9-10H,1-8H2,(H,16,19). The number of aromatic nitrogens is 1. The Morgan fingerprint density at radius 3 is 1.57 bits per heavy atom. The fraction of sp³-hybridized carbons (Fsp3) is 0.533. The molecule has 2 fully saturated rings. The minimum Gasteiger partial charge on any atom is -0.346 e. The summed E-state index contributed by atoms with van der Waals surface area (Å²) < 4.78 is 0. The monoisotopic (exact) mass is 289 g/mol. The van der Waals surface area contributed by atoms with Gasteiger partial charge in [0, 0.05) is 38.3 Å². The Bertz CT molecular complexity index is 562. The van der Waals surface area contributed by atoms with Gasteiger partial charge in [-0.25, -0.2) is 0 Å². The van der Waals surface area contributed by atoms with Crippen molar-refractivity contribution in [2.24, 2.45) is 0 Å². The van der Waals surface area contributed by atoms with Crippen LogP contribution in [0.15, 0.2) is 16.9 Å². The van der Waals surface area contributed by atoms with Crippen molar-refractivity contribution in [1.29, 1.82) is 0 Å². The molecule has 2 amide bonds. The highest BCUT2D eigenvalue weighted by molar-refractivity contribution is 5.96. The Kier molecular flexibility index (Phi) is 3.77. The molecule has 0 unspecified atom stereocenters. The van der Waals surface area contributed by atoms with Gasteiger partial charge in [-0.3, -0.25) is 14.4 Å². The molecule has 21 heavy (non-hydrogen) atoms. The first-order chi connectivity index (χ1) is 10.1. The lowest BCUT2D eigenvalue weighted by Crippen LogP contribution is -2.32. The molecule has 6 heteroatoms. The molecule has 2 aliphatic rings. The predicted molar refractivity (Wildman–Crippen MR) is 77.3 cm³/mol. The van der Waals surface area contributed by atoms with Gasteiger partial charge in [0.1, 0.15) is 11.4 Å². The van der Waals surface area contributed by atoms with Crippen molar-refractivity contribution in [2.45, 2.75) is 25.7 Å². The van der Waals surface area contributed by atoms with E-state index in [1.165, 1.54) is 12.1 Å². The van der Waals surface area contributed by atoms with Gasteiger partial charge in [-0.15, -0.1) is 0 Å². The van der Waals surface area contributed by atoms with Crippen LogP contribution in [0.3, 0.4) is 0 Å². The van der Waals surface area contributed by atoms with E-state index in [4.69, 9.17) is 0 Å². The van der Waals surface area contributed by atoms with Crippen LogP contribution in [0.25, 0.3) is 0 Å². The lowest BCUT2D eigenvalue weighted by Gasteiger charge is -2.17. The van der Waals surface area contributed by atoms with Crippen molar-refractivity contribution >= 4 is 11.8 Å². The van der Waals surface area contributed by atoms with Crippen molar-refractivity contribution in [3.8, 4) is 0 Å². The van der Waals surface area contributed by atoms with Crippen LogP contribution in [0.4, 0.5) is 0 Å². The summed E-state index contributed by atoms with van der Waals surface area (Å²) in [6.07, 6.45) is 3.95. The molecular weight excluding hydrogens is 270 g/mol. The number of nitrogens with zero attached hydrogens (tertiary/aromatic N) is 2. The molecule has 1 aromatic rings. The molecule has 1 N–H and O–H groups in total. The summed E-state index contributed by atoms with van der Waals surface area (Å²) >= 11 is 0. The number of hydrogen-bond donors (Lipinski definition) is 1. The lowest BCUT2D eigenvalue weighted by atomic mass is 10.2. The largest absolute Gasteiger partial charge is 0.346 e. The van der Waals surface area contributed by atoms with E-state index in [1.54, 1.807) is 9.80 Å². The average molecular weight is 289 g/mol. The van der Waals surface area contributed by atoms with Crippen LogP contribution >= 0.6 is 0 Å². The van der Waals surface area contributed by atoms with Crippen LogP contribution in [-0.4, -0.2) is 52.8 Å². The van der Waals surface area contributed by atoms with Gasteiger partial charge < -0.3 is 14.8 Å². The van der Waals surface area contributed by atoms with Crippen molar-refractivity contribution in [3.63, 3.8) is 0 Å². The highest BCUT2D eigenvalue weighted by atomic mass is 16.2. The SMILES string of the molecule is O=C(c1cc(=O)cc(C(=O)N2CCCC2)[nH]1)N1CCCC1. The second kappa shape index (κ2) is 5.71. The van der Waals surface area contributed by atoms with Crippen LogP contribution in [-0.2, 0) is 0 Å². The predicted octanol–water partition coefficient (Wildman–Crippen LogP) is 0.847. The number of carbonyl (C=O) groups excluding carboxylic acids is 2. The maximum absolute atomic E-state index is 12.3. The van der Waals surface area contributed by atoms with E-state index in [9.17, 15) is 14.4 Å². The number of amides is 2. The molecule has 6 nitrogen and oxygen atoms in total. The van der Waals surface area contributed by atoms with Crippen LogP contribution < -0.4 is 5.43 Å². The fourth-order valence-electron chi connectivity index (χ4n) is 2.95. The summed E-state index contributed by atoms with van der Waals surface area (Å²) in [5.74, 6) is -0.388. The number of likely N-dealkylation sites (tertiary alicyclic amines) is 2. The summed E-state index contributed by atoms with van der Waals surface area (Å²) in [6.45, 7) is 2.85. The quantitative estimate of drug-likeness (QED) is 0.877. The topological polar surface area (TPSA) is 73.5 Å². The minimum absolute atomic E-state index is 0.194. The molecular formula is C15H19N3O3. The number of rotatable bonds is 2. The third kappa shape index (κ3) is 2.84. The number of hydrogen-bond acceptors (Lipinski definition) is 3. The van der Waals surface area contributed by atoms with Crippen molar-refractivity contribution in [2.75, 3.05) is 26.2 Å². The molecule has 1 aromatic heterocycles. The van der Waals surface area contributed by atoms with E-state index in [2.05, 4.69) is 4.98 Å². The first kappa shape index (κ1) is 13.9. The fourth-order valence-corrected chi connectivity index (χ4v) is 2.95. The number of H-pyrrole nitrogens is 1. The second-order valence-electron chi connectivity index (χ2n) is 5.64. The minimum atomic E-state index is -0.307. The average Bonchev–Trinajstić information content (AvgIpc) is 3.17. The molecule has 2 saturated heterocycles. The zero-order valence-corrected chi connectivity index (χ0v) is 11.9. The van der Waals surface area contributed by atoms with Crippen LogP contribution in [0.2, 0.25) is 0 Å². The van der Waals surface area contributed by atoms with E-state index in [-0.39, 0.29) is 28.6 Å². The zero-order chi connectivity index (χ0) is 14.8. The van der Waals surface area contributed by atoms with Gasteiger partial charge in [0.15, 0.2) is 5.43 Å². The third-order valence-corrected chi connectivity index (χ3v) is 4.09. The maximum Gasteiger partial charge on any atom is 0.270 e. The van der Waals surface area contributed by atoms with E-state index in [0.29, 0.717) is 26.2 Å². The Hall–Kier alpha value is -2.11.